The highest BCUT2D eigenvalue weighted by molar-refractivity contribution is 7.99. The highest BCUT2D eigenvalue weighted by Crippen LogP contribution is 2.24. The van der Waals surface area contributed by atoms with Gasteiger partial charge < -0.3 is 9.52 Å². The maximum Gasteiger partial charge on any atom is 0.314 e. The van der Waals surface area contributed by atoms with Gasteiger partial charge >= 0.3 is 5.97 Å². The summed E-state index contributed by atoms with van der Waals surface area (Å²) >= 11 is 0.896. The second-order valence-corrected chi connectivity index (χ2v) is 6.80. The Balaban J connectivity index is 2.26. The molecule has 7 nitrogen and oxygen atoms in total. The second-order valence-electron chi connectivity index (χ2n) is 3.86. The highest BCUT2D eigenvalue weighted by atomic mass is 32.2. The summed E-state index contributed by atoms with van der Waals surface area (Å²) in [6, 6.07) is 6.09. The van der Waals surface area contributed by atoms with Crippen LogP contribution >= 0.6 is 11.8 Å². The van der Waals surface area contributed by atoms with Gasteiger partial charge in [-0.15, -0.1) is 10.2 Å². The minimum Gasteiger partial charge on any atom is -0.481 e. The monoisotopic (exact) mass is 314 g/mol. The lowest BCUT2D eigenvalue weighted by Gasteiger charge is -1.99. The number of hydrogen-bond acceptors (Lipinski definition) is 7. The minimum atomic E-state index is -3.32. The lowest BCUT2D eigenvalue weighted by atomic mass is 10.2. The van der Waals surface area contributed by atoms with Gasteiger partial charge in [0.1, 0.15) is 5.75 Å². The lowest BCUT2D eigenvalue weighted by Crippen LogP contribution is -1.97. The van der Waals surface area contributed by atoms with Crippen LogP contribution in [0.25, 0.3) is 11.5 Å². The topological polar surface area (TPSA) is 110 Å². The summed E-state index contributed by atoms with van der Waals surface area (Å²) in [6.07, 6.45) is 1.11. The molecule has 0 aliphatic carbocycles. The van der Waals surface area contributed by atoms with Gasteiger partial charge in [-0.05, 0) is 18.2 Å². The molecule has 0 spiro atoms. The molecule has 2 aromatic rings. The van der Waals surface area contributed by atoms with Crippen molar-refractivity contribution in [3.8, 4) is 11.5 Å². The van der Waals surface area contributed by atoms with Crippen LogP contribution in [-0.4, -0.2) is 41.7 Å². The molecule has 0 radical (unpaired) electrons. The van der Waals surface area contributed by atoms with Crippen molar-refractivity contribution in [2.24, 2.45) is 0 Å². The van der Waals surface area contributed by atoms with Crippen LogP contribution in [0.1, 0.15) is 0 Å². The molecule has 0 atom stereocenters. The Hall–Kier alpha value is -1.87. The van der Waals surface area contributed by atoms with Crippen molar-refractivity contribution in [1.82, 2.24) is 10.2 Å². The number of nitrogens with zero attached hydrogens (tertiary/aromatic N) is 2. The van der Waals surface area contributed by atoms with E-state index in [9.17, 15) is 13.2 Å². The summed E-state index contributed by atoms with van der Waals surface area (Å²) in [5.74, 6) is -1.04. The van der Waals surface area contributed by atoms with Crippen molar-refractivity contribution < 1.29 is 22.7 Å². The van der Waals surface area contributed by atoms with Crippen LogP contribution in [0.15, 0.2) is 38.8 Å². The molecule has 1 aromatic heterocycles. The van der Waals surface area contributed by atoms with Gasteiger partial charge in [0, 0.05) is 11.8 Å². The van der Waals surface area contributed by atoms with E-state index in [1.165, 1.54) is 12.1 Å². The number of aliphatic carboxylic acids is 1. The minimum absolute atomic E-state index is 0.118. The molecule has 1 heterocycles. The van der Waals surface area contributed by atoms with Gasteiger partial charge in [0.15, 0.2) is 9.84 Å². The predicted molar refractivity (Wildman–Crippen MR) is 71.2 cm³/mol. The molecule has 20 heavy (non-hydrogen) atoms. The molecule has 9 heteroatoms. The third-order valence-corrected chi connectivity index (χ3v) is 4.15. The number of carbonyl (C=O) groups is 1. The fourth-order valence-corrected chi connectivity index (χ4v) is 2.52. The van der Waals surface area contributed by atoms with Crippen molar-refractivity contribution in [1.29, 1.82) is 0 Å². The molecule has 0 bridgehead atoms. The largest absolute Gasteiger partial charge is 0.481 e. The van der Waals surface area contributed by atoms with E-state index >= 15 is 0 Å². The molecule has 1 aromatic carbocycles. The van der Waals surface area contributed by atoms with E-state index < -0.39 is 15.8 Å². The van der Waals surface area contributed by atoms with Gasteiger partial charge in [-0.25, -0.2) is 8.42 Å². The quantitative estimate of drug-likeness (QED) is 0.823. The molecule has 1 N–H and O–H groups in total. The maximum atomic E-state index is 11.5. The Morgan fingerprint density at radius 2 is 2.15 bits per heavy atom. The first-order chi connectivity index (χ1) is 9.36. The maximum absolute atomic E-state index is 11.5. The van der Waals surface area contributed by atoms with E-state index in [1.54, 1.807) is 12.1 Å². The van der Waals surface area contributed by atoms with Crippen molar-refractivity contribution in [3.63, 3.8) is 0 Å². The first-order valence-electron chi connectivity index (χ1n) is 5.35. The molecule has 106 valence electrons. The van der Waals surface area contributed by atoms with Crippen LogP contribution in [-0.2, 0) is 14.6 Å². The molecule has 0 aliphatic rings. The van der Waals surface area contributed by atoms with Crippen LogP contribution in [0.3, 0.4) is 0 Å². The standard InChI is InChI=1S/C11H10N2O5S2/c1-20(16,17)8-4-2-3-7(5-8)10-12-13-11(18-10)19-6-9(14)15/h2-5H,6H2,1H3,(H,14,15). The van der Waals surface area contributed by atoms with Crippen molar-refractivity contribution in [3.05, 3.63) is 24.3 Å². The first-order valence-corrected chi connectivity index (χ1v) is 8.22. The predicted octanol–water partition coefficient (Wildman–Crippen LogP) is 1.32. The van der Waals surface area contributed by atoms with Gasteiger partial charge in [0.25, 0.3) is 5.22 Å². The van der Waals surface area contributed by atoms with E-state index in [1.807, 2.05) is 0 Å². The molecule has 0 aliphatic heterocycles. The molecule has 0 fully saturated rings. The Kier molecular flexibility index (Phi) is 4.09. The third kappa shape index (κ3) is 3.58. The number of benzene rings is 1. The van der Waals surface area contributed by atoms with Crippen LogP contribution in [0.5, 0.6) is 0 Å². The van der Waals surface area contributed by atoms with Crippen molar-refractivity contribution in [2.75, 3.05) is 12.0 Å². The van der Waals surface area contributed by atoms with Gasteiger partial charge in [0.05, 0.1) is 4.90 Å². The van der Waals surface area contributed by atoms with Crippen LogP contribution in [0.2, 0.25) is 0 Å². The zero-order valence-electron chi connectivity index (χ0n) is 10.3. The first kappa shape index (κ1) is 14.5. The normalized spacial score (nSPS) is 11.4. The Bertz CT molecular complexity index is 739. The molecule has 0 unspecified atom stereocenters. The number of sulfone groups is 1. The molecule has 2 rings (SSSR count). The zero-order chi connectivity index (χ0) is 14.8. The molecule has 0 saturated carbocycles. The summed E-state index contributed by atoms with van der Waals surface area (Å²) in [6.45, 7) is 0. The van der Waals surface area contributed by atoms with E-state index in [4.69, 9.17) is 9.52 Å². The zero-order valence-corrected chi connectivity index (χ0v) is 11.9. The summed E-state index contributed by atoms with van der Waals surface area (Å²) < 4.78 is 28.2. The van der Waals surface area contributed by atoms with Gasteiger partial charge in [0.2, 0.25) is 5.89 Å². The lowest BCUT2D eigenvalue weighted by molar-refractivity contribution is -0.133. The van der Waals surface area contributed by atoms with Gasteiger partial charge in [-0.1, -0.05) is 17.8 Å². The SMILES string of the molecule is CS(=O)(=O)c1cccc(-c2nnc(SCC(=O)O)o2)c1. The van der Waals surface area contributed by atoms with Gasteiger partial charge in [-0.2, -0.15) is 0 Å². The summed E-state index contributed by atoms with van der Waals surface area (Å²) in [5, 5.41) is 16.1. The average Bonchev–Trinajstić information content (AvgIpc) is 2.84. The van der Waals surface area contributed by atoms with E-state index in [0.29, 0.717) is 5.56 Å². The molecular weight excluding hydrogens is 304 g/mol. The fourth-order valence-electron chi connectivity index (χ4n) is 1.37. The number of carboxylic acid groups (broad SMARTS) is 1. The second kappa shape index (κ2) is 5.63. The van der Waals surface area contributed by atoms with Crippen molar-refractivity contribution >= 4 is 27.6 Å². The number of rotatable bonds is 5. The highest BCUT2D eigenvalue weighted by Gasteiger charge is 2.13. The number of carboxylic acids is 1. The number of hydrogen-bond donors (Lipinski definition) is 1. The Labute approximate surface area is 118 Å². The summed E-state index contributed by atoms with van der Waals surface area (Å²) in [7, 11) is -3.32. The molecular formula is C11H10N2O5S2. The third-order valence-electron chi connectivity index (χ3n) is 2.23. The average molecular weight is 314 g/mol. The van der Waals surface area contributed by atoms with Gasteiger partial charge in [-0.3, -0.25) is 4.79 Å². The summed E-state index contributed by atoms with van der Waals surface area (Å²) in [4.78, 5) is 10.6. The Morgan fingerprint density at radius 1 is 1.40 bits per heavy atom. The number of aromatic nitrogens is 2. The van der Waals surface area contributed by atoms with E-state index in [-0.39, 0.29) is 21.8 Å². The van der Waals surface area contributed by atoms with E-state index in [2.05, 4.69) is 10.2 Å². The number of thioether (sulfide) groups is 1. The van der Waals surface area contributed by atoms with Crippen LogP contribution in [0, 0.1) is 0 Å². The van der Waals surface area contributed by atoms with Crippen molar-refractivity contribution in [2.45, 2.75) is 10.1 Å². The van der Waals surface area contributed by atoms with E-state index in [0.717, 1.165) is 18.0 Å². The molecule has 0 amide bonds. The molecule has 0 saturated heterocycles. The van der Waals surface area contributed by atoms with Crippen LogP contribution < -0.4 is 0 Å². The summed E-state index contributed by atoms with van der Waals surface area (Å²) in [5.41, 5.74) is 0.461. The smallest absolute Gasteiger partial charge is 0.314 e. The Morgan fingerprint density at radius 3 is 2.80 bits per heavy atom. The fraction of sp³-hybridized carbons (Fsp3) is 0.182. The van der Waals surface area contributed by atoms with Crippen LogP contribution in [0.4, 0.5) is 0 Å².